The van der Waals surface area contributed by atoms with E-state index in [-0.39, 0.29) is 0 Å². The molecule has 0 saturated heterocycles. The van der Waals surface area contributed by atoms with E-state index in [1.54, 1.807) is 0 Å². The van der Waals surface area contributed by atoms with Crippen LogP contribution in [0.3, 0.4) is 0 Å². The zero-order valence-electron chi connectivity index (χ0n) is 8.22. The van der Waals surface area contributed by atoms with Gasteiger partial charge in [-0.1, -0.05) is 0 Å². The van der Waals surface area contributed by atoms with Gasteiger partial charge in [-0.05, 0) is 50.7 Å². The SMILES string of the molecule is C1=C(OC2=CCCCC2)CCCC1. The molecule has 0 atom stereocenters. The van der Waals surface area contributed by atoms with E-state index in [4.69, 9.17) is 4.74 Å². The molecular formula is C12H18O. The van der Waals surface area contributed by atoms with Gasteiger partial charge in [0.1, 0.15) is 0 Å². The normalized spacial score (nSPS) is 23.4. The smallest absolute Gasteiger partial charge is 0.0996 e. The number of hydrogen-bond donors (Lipinski definition) is 0. The second kappa shape index (κ2) is 4.50. The summed E-state index contributed by atoms with van der Waals surface area (Å²) in [6.45, 7) is 0. The first kappa shape index (κ1) is 8.86. The van der Waals surface area contributed by atoms with Gasteiger partial charge in [-0.3, -0.25) is 0 Å². The molecule has 2 aliphatic rings. The Morgan fingerprint density at radius 1 is 0.769 bits per heavy atom. The number of allylic oxidation sites excluding steroid dienone is 4. The summed E-state index contributed by atoms with van der Waals surface area (Å²) in [7, 11) is 0. The van der Waals surface area contributed by atoms with Crippen LogP contribution in [0.2, 0.25) is 0 Å². The lowest BCUT2D eigenvalue weighted by Gasteiger charge is -2.18. The van der Waals surface area contributed by atoms with Crippen LogP contribution in [0.25, 0.3) is 0 Å². The van der Waals surface area contributed by atoms with Crippen molar-refractivity contribution in [2.24, 2.45) is 0 Å². The third-order valence-electron chi connectivity index (χ3n) is 2.76. The van der Waals surface area contributed by atoms with Gasteiger partial charge in [-0.25, -0.2) is 0 Å². The molecule has 0 fully saturated rings. The van der Waals surface area contributed by atoms with Crippen molar-refractivity contribution in [3.05, 3.63) is 23.7 Å². The van der Waals surface area contributed by atoms with Crippen LogP contribution in [0.1, 0.15) is 51.4 Å². The van der Waals surface area contributed by atoms with Crippen LogP contribution in [-0.4, -0.2) is 0 Å². The minimum absolute atomic E-state index is 1.15. The van der Waals surface area contributed by atoms with E-state index in [2.05, 4.69) is 12.2 Å². The molecule has 0 radical (unpaired) electrons. The Morgan fingerprint density at radius 2 is 1.31 bits per heavy atom. The highest BCUT2D eigenvalue weighted by Gasteiger charge is 2.09. The summed E-state index contributed by atoms with van der Waals surface area (Å²) in [5, 5.41) is 0. The molecule has 0 heterocycles. The monoisotopic (exact) mass is 178 g/mol. The van der Waals surface area contributed by atoms with Gasteiger partial charge in [0.15, 0.2) is 0 Å². The molecule has 0 N–H and O–H groups in total. The third-order valence-corrected chi connectivity index (χ3v) is 2.76. The van der Waals surface area contributed by atoms with Crippen molar-refractivity contribution in [2.75, 3.05) is 0 Å². The molecule has 0 aromatic rings. The van der Waals surface area contributed by atoms with Crippen molar-refractivity contribution >= 4 is 0 Å². The first-order valence-corrected chi connectivity index (χ1v) is 5.51. The molecule has 13 heavy (non-hydrogen) atoms. The van der Waals surface area contributed by atoms with Gasteiger partial charge in [-0.15, -0.1) is 0 Å². The van der Waals surface area contributed by atoms with Crippen LogP contribution in [-0.2, 0) is 4.74 Å². The Bertz CT molecular complexity index is 201. The number of hydrogen-bond acceptors (Lipinski definition) is 1. The number of rotatable bonds is 2. The second-order valence-electron chi connectivity index (χ2n) is 3.93. The van der Waals surface area contributed by atoms with Crippen LogP contribution in [0.5, 0.6) is 0 Å². The molecule has 0 spiro atoms. The average molecular weight is 178 g/mol. The van der Waals surface area contributed by atoms with E-state index in [0.717, 1.165) is 12.8 Å². The maximum absolute atomic E-state index is 5.85. The molecule has 0 saturated carbocycles. The van der Waals surface area contributed by atoms with E-state index < -0.39 is 0 Å². The van der Waals surface area contributed by atoms with Crippen molar-refractivity contribution in [1.29, 1.82) is 0 Å². The molecule has 1 heteroatoms. The minimum Gasteiger partial charge on any atom is -0.467 e. The van der Waals surface area contributed by atoms with Gasteiger partial charge in [0.05, 0.1) is 11.5 Å². The lowest BCUT2D eigenvalue weighted by Crippen LogP contribution is -2.00. The van der Waals surface area contributed by atoms with E-state index in [9.17, 15) is 0 Å². The fourth-order valence-electron chi connectivity index (χ4n) is 1.97. The Balaban J connectivity index is 1.88. The molecule has 0 bridgehead atoms. The summed E-state index contributed by atoms with van der Waals surface area (Å²) in [5.41, 5.74) is 0. The molecule has 2 rings (SSSR count). The molecule has 0 unspecified atom stereocenters. The molecule has 0 aliphatic heterocycles. The van der Waals surface area contributed by atoms with E-state index in [1.807, 2.05) is 0 Å². The zero-order valence-corrected chi connectivity index (χ0v) is 8.22. The Labute approximate surface area is 80.5 Å². The maximum atomic E-state index is 5.85. The zero-order chi connectivity index (χ0) is 8.93. The van der Waals surface area contributed by atoms with Gasteiger partial charge in [0.2, 0.25) is 0 Å². The quantitative estimate of drug-likeness (QED) is 0.622. The predicted molar refractivity (Wildman–Crippen MR) is 54.2 cm³/mol. The van der Waals surface area contributed by atoms with Crippen LogP contribution in [0, 0.1) is 0 Å². The molecular weight excluding hydrogens is 160 g/mol. The second-order valence-corrected chi connectivity index (χ2v) is 3.93. The van der Waals surface area contributed by atoms with Crippen molar-refractivity contribution in [1.82, 2.24) is 0 Å². The highest BCUT2D eigenvalue weighted by atomic mass is 16.5. The van der Waals surface area contributed by atoms with Crippen LogP contribution in [0.15, 0.2) is 23.7 Å². The summed E-state index contributed by atoms with van der Waals surface area (Å²) >= 11 is 0. The summed E-state index contributed by atoms with van der Waals surface area (Å²) in [5.74, 6) is 2.44. The topological polar surface area (TPSA) is 9.23 Å². The lowest BCUT2D eigenvalue weighted by atomic mass is 10.0. The Kier molecular flexibility index (Phi) is 3.07. The number of ether oxygens (including phenoxy) is 1. The summed E-state index contributed by atoms with van der Waals surface area (Å²) < 4.78 is 5.85. The average Bonchev–Trinajstić information content (AvgIpc) is 2.21. The summed E-state index contributed by atoms with van der Waals surface area (Å²) in [6, 6.07) is 0. The van der Waals surface area contributed by atoms with Crippen molar-refractivity contribution in [2.45, 2.75) is 51.4 Å². The molecule has 0 aromatic carbocycles. The van der Waals surface area contributed by atoms with Gasteiger partial charge in [0, 0.05) is 12.8 Å². The molecule has 0 aromatic heterocycles. The minimum atomic E-state index is 1.15. The largest absolute Gasteiger partial charge is 0.467 e. The van der Waals surface area contributed by atoms with Crippen molar-refractivity contribution in [3.63, 3.8) is 0 Å². The Hall–Kier alpha value is -0.720. The highest BCUT2D eigenvalue weighted by Crippen LogP contribution is 2.25. The highest BCUT2D eigenvalue weighted by molar-refractivity contribution is 5.05. The van der Waals surface area contributed by atoms with Gasteiger partial charge in [0.25, 0.3) is 0 Å². The molecule has 72 valence electrons. The van der Waals surface area contributed by atoms with Gasteiger partial charge >= 0.3 is 0 Å². The third kappa shape index (κ3) is 2.61. The molecule has 2 aliphatic carbocycles. The summed E-state index contributed by atoms with van der Waals surface area (Å²) in [6.07, 6.45) is 14.5. The van der Waals surface area contributed by atoms with Crippen molar-refractivity contribution < 1.29 is 4.74 Å². The van der Waals surface area contributed by atoms with Crippen LogP contribution >= 0.6 is 0 Å². The van der Waals surface area contributed by atoms with E-state index >= 15 is 0 Å². The molecule has 0 amide bonds. The standard InChI is InChI=1S/C12H18O/c1-3-7-11(8-4-1)13-12-9-5-2-6-10-12/h7,9H,1-6,8,10H2. The van der Waals surface area contributed by atoms with Crippen molar-refractivity contribution in [3.8, 4) is 0 Å². The Morgan fingerprint density at radius 3 is 1.69 bits per heavy atom. The fraction of sp³-hybridized carbons (Fsp3) is 0.667. The fourth-order valence-corrected chi connectivity index (χ4v) is 1.97. The summed E-state index contributed by atoms with van der Waals surface area (Å²) in [4.78, 5) is 0. The van der Waals surface area contributed by atoms with Crippen LogP contribution in [0.4, 0.5) is 0 Å². The van der Waals surface area contributed by atoms with E-state index in [0.29, 0.717) is 0 Å². The van der Waals surface area contributed by atoms with Gasteiger partial charge in [-0.2, -0.15) is 0 Å². The van der Waals surface area contributed by atoms with Gasteiger partial charge < -0.3 is 4.74 Å². The first-order valence-electron chi connectivity index (χ1n) is 5.51. The predicted octanol–water partition coefficient (Wildman–Crippen LogP) is 3.92. The lowest BCUT2D eigenvalue weighted by molar-refractivity contribution is 0.257. The van der Waals surface area contributed by atoms with Crippen LogP contribution < -0.4 is 0 Å². The maximum Gasteiger partial charge on any atom is 0.0996 e. The first-order chi connectivity index (χ1) is 6.45. The molecule has 1 nitrogen and oxygen atoms in total. The van der Waals surface area contributed by atoms with E-state index in [1.165, 1.54) is 50.0 Å².